The van der Waals surface area contributed by atoms with Gasteiger partial charge in [0.2, 0.25) is 0 Å². The topological polar surface area (TPSA) is 9.23 Å². The number of ether oxygens (including phenoxy) is 1. The molecule has 0 unspecified atom stereocenters. The quantitative estimate of drug-likeness (QED) is 0.781. The molecule has 88 valence electrons. The number of benzene rings is 2. The molecule has 0 saturated carbocycles. The van der Waals surface area contributed by atoms with E-state index in [0.717, 1.165) is 11.1 Å². The highest BCUT2D eigenvalue weighted by Crippen LogP contribution is 2.31. The molecule has 0 N–H and O–H groups in total. The first-order chi connectivity index (χ1) is 8.22. The van der Waals surface area contributed by atoms with E-state index in [1.54, 1.807) is 7.11 Å². The molecular formula is C14H12Cl2O. The van der Waals surface area contributed by atoms with E-state index in [9.17, 15) is 0 Å². The van der Waals surface area contributed by atoms with Gasteiger partial charge in [0.1, 0.15) is 6.10 Å². The van der Waals surface area contributed by atoms with Gasteiger partial charge in [0.25, 0.3) is 0 Å². The molecule has 0 aliphatic carbocycles. The molecule has 0 aliphatic heterocycles. The van der Waals surface area contributed by atoms with Gasteiger partial charge >= 0.3 is 0 Å². The second-order valence-electron chi connectivity index (χ2n) is 3.69. The van der Waals surface area contributed by atoms with E-state index in [1.165, 1.54) is 0 Å². The first kappa shape index (κ1) is 12.4. The molecule has 1 atom stereocenters. The Bertz CT molecular complexity index is 494. The van der Waals surface area contributed by atoms with Crippen molar-refractivity contribution in [3.8, 4) is 0 Å². The van der Waals surface area contributed by atoms with E-state index in [-0.39, 0.29) is 6.10 Å². The molecule has 0 fully saturated rings. The third-order valence-corrected chi connectivity index (χ3v) is 3.19. The van der Waals surface area contributed by atoms with Crippen LogP contribution < -0.4 is 0 Å². The van der Waals surface area contributed by atoms with E-state index in [2.05, 4.69) is 0 Å². The molecule has 0 amide bonds. The number of rotatable bonds is 3. The smallest absolute Gasteiger partial charge is 0.109 e. The van der Waals surface area contributed by atoms with Crippen molar-refractivity contribution in [1.82, 2.24) is 0 Å². The Morgan fingerprint density at radius 2 is 1.59 bits per heavy atom. The SMILES string of the molecule is CO[C@@H](c1ccc(Cl)cc1)c1ccccc1Cl. The van der Waals surface area contributed by atoms with Crippen LogP contribution in [0.3, 0.4) is 0 Å². The van der Waals surface area contributed by atoms with Crippen LogP contribution in [0.5, 0.6) is 0 Å². The highest BCUT2D eigenvalue weighted by Gasteiger charge is 2.15. The third kappa shape index (κ3) is 2.81. The molecule has 0 heterocycles. The van der Waals surface area contributed by atoms with E-state index in [1.807, 2.05) is 48.5 Å². The van der Waals surface area contributed by atoms with Crippen molar-refractivity contribution in [2.45, 2.75) is 6.10 Å². The van der Waals surface area contributed by atoms with Crippen molar-refractivity contribution < 1.29 is 4.74 Å². The lowest BCUT2D eigenvalue weighted by Crippen LogP contribution is -2.03. The lowest BCUT2D eigenvalue weighted by Gasteiger charge is -2.17. The Morgan fingerprint density at radius 3 is 2.18 bits per heavy atom. The summed E-state index contributed by atoms with van der Waals surface area (Å²) in [6.07, 6.45) is -0.166. The highest BCUT2D eigenvalue weighted by molar-refractivity contribution is 6.31. The van der Waals surface area contributed by atoms with E-state index < -0.39 is 0 Å². The predicted molar refractivity (Wildman–Crippen MR) is 71.8 cm³/mol. The molecule has 2 aromatic carbocycles. The molecule has 0 aromatic heterocycles. The lowest BCUT2D eigenvalue weighted by atomic mass is 10.0. The maximum Gasteiger partial charge on any atom is 0.109 e. The van der Waals surface area contributed by atoms with Crippen LogP contribution in [0.2, 0.25) is 10.0 Å². The van der Waals surface area contributed by atoms with Crippen LogP contribution in [-0.4, -0.2) is 7.11 Å². The zero-order chi connectivity index (χ0) is 12.3. The van der Waals surface area contributed by atoms with E-state index in [4.69, 9.17) is 27.9 Å². The average Bonchev–Trinajstić information content (AvgIpc) is 2.35. The first-order valence-electron chi connectivity index (χ1n) is 5.25. The molecule has 2 rings (SSSR count). The number of hydrogen-bond acceptors (Lipinski definition) is 1. The Balaban J connectivity index is 2.40. The van der Waals surface area contributed by atoms with Crippen molar-refractivity contribution in [1.29, 1.82) is 0 Å². The molecule has 0 aliphatic rings. The van der Waals surface area contributed by atoms with Gasteiger partial charge in [-0.25, -0.2) is 0 Å². The van der Waals surface area contributed by atoms with Gasteiger partial charge in [0.05, 0.1) is 0 Å². The molecule has 0 saturated heterocycles. The standard InChI is InChI=1S/C14H12Cl2O/c1-17-14(10-6-8-11(15)9-7-10)12-4-2-3-5-13(12)16/h2-9,14H,1H3/t14-/m0/s1. The predicted octanol–water partition coefficient (Wildman–Crippen LogP) is 4.73. The molecule has 0 radical (unpaired) electrons. The summed E-state index contributed by atoms with van der Waals surface area (Å²) < 4.78 is 5.52. The Hall–Kier alpha value is -1.02. The maximum absolute atomic E-state index is 6.17. The van der Waals surface area contributed by atoms with Gasteiger partial charge in [-0.05, 0) is 23.8 Å². The fraction of sp³-hybridized carbons (Fsp3) is 0.143. The number of hydrogen-bond donors (Lipinski definition) is 0. The van der Waals surface area contributed by atoms with E-state index in [0.29, 0.717) is 10.0 Å². The molecule has 17 heavy (non-hydrogen) atoms. The van der Waals surface area contributed by atoms with Crippen molar-refractivity contribution >= 4 is 23.2 Å². The van der Waals surface area contributed by atoms with Crippen LogP contribution in [0.25, 0.3) is 0 Å². The van der Waals surface area contributed by atoms with Crippen LogP contribution >= 0.6 is 23.2 Å². The molecule has 1 nitrogen and oxygen atoms in total. The third-order valence-electron chi connectivity index (χ3n) is 2.60. The molecule has 3 heteroatoms. The summed E-state index contributed by atoms with van der Waals surface area (Å²) in [4.78, 5) is 0. The van der Waals surface area contributed by atoms with Crippen LogP contribution in [0.1, 0.15) is 17.2 Å². The van der Waals surface area contributed by atoms with Gasteiger partial charge in [0.15, 0.2) is 0 Å². The normalized spacial score (nSPS) is 12.4. The zero-order valence-corrected chi connectivity index (χ0v) is 10.9. The van der Waals surface area contributed by atoms with Crippen LogP contribution in [0.4, 0.5) is 0 Å². The van der Waals surface area contributed by atoms with Gasteiger partial charge in [-0.15, -0.1) is 0 Å². The van der Waals surface area contributed by atoms with Crippen molar-refractivity contribution in [2.75, 3.05) is 7.11 Å². The summed E-state index contributed by atoms with van der Waals surface area (Å²) in [7, 11) is 1.67. The summed E-state index contributed by atoms with van der Waals surface area (Å²) in [6, 6.07) is 15.3. The van der Waals surface area contributed by atoms with Gasteiger partial charge < -0.3 is 4.74 Å². The van der Waals surface area contributed by atoms with Crippen LogP contribution in [-0.2, 0) is 4.74 Å². The Labute approximate surface area is 111 Å². The maximum atomic E-state index is 6.17. The lowest BCUT2D eigenvalue weighted by molar-refractivity contribution is 0.136. The van der Waals surface area contributed by atoms with Gasteiger partial charge in [-0.3, -0.25) is 0 Å². The minimum absolute atomic E-state index is 0.166. The van der Waals surface area contributed by atoms with Gasteiger partial charge in [-0.1, -0.05) is 53.5 Å². The summed E-state index contributed by atoms with van der Waals surface area (Å²) in [6.45, 7) is 0. The number of halogens is 2. The summed E-state index contributed by atoms with van der Waals surface area (Å²) in [5, 5.41) is 1.41. The van der Waals surface area contributed by atoms with Gasteiger partial charge in [0, 0.05) is 22.7 Å². The van der Waals surface area contributed by atoms with Crippen LogP contribution in [0.15, 0.2) is 48.5 Å². The fourth-order valence-corrected chi connectivity index (χ4v) is 2.13. The zero-order valence-electron chi connectivity index (χ0n) is 9.36. The summed E-state index contributed by atoms with van der Waals surface area (Å²) in [5.74, 6) is 0. The summed E-state index contributed by atoms with van der Waals surface area (Å²) in [5.41, 5.74) is 1.99. The molecule has 0 bridgehead atoms. The van der Waals surface area contributed by atoms with Gasteiger partial charge in [-0.2, -0.15) is 0 Å². The Kier molecular flexibility index (Phi) is 4.06. The largest absolute Gasteiger partial charge is 0.372 e. The average molecular weight is 267 g/mol. The fourth-order valence-electron chi connectivity index (χ4n) is 1.77. The molecule has 0 spiro atoms. The van der Waals surface area contributed by atoms with Crippen LogP contribution in [0, 0.1) is 0 Å². The van der Waals surface area contributed by atoms with Crippen molar-refractivity contribution in [2.24, 2.45) is 0 Å². The minimum atomic E-state index is -0.166. The second kappa shape index (κ2) is 5.54. The monoisotopic (exact) mass is 266 g/mol. The molecule has 2 aromatic rings. The molecular weight excluding hydrogens is 255 g/mol. The summed E-state index contributed by atoms with van der Waals surface area (Å²) >= 11 is 12.0. The number of methoxy groups -OCH3 is 1. The second-order valence-corrected chi connectivity index (χ2v) is 4.53. The Morgan fingerprint density at radius 1 is 0.941 bits per heavy atom. The van der Waals surface area contributed by atoms with E-state index >= 15 is 0 Å². The van der Waals surface area contributed by atoms with Crippen molar-refractivity contribution in [3.63, 3.8) is 0 Å². The minimum Gasteiger partial charge on any atom is -0.372 e. The highest BCUT2D eigenvalue weighted by atomic mass is 35.5. The first-order valence-corrected chi connectivity index (χ1v) is 6.00. The van der Waals surface area contributed by atoms with Crippen molar-refractivity contribution in [3.05, 3.63) is 69.7 Å².